The summed E-state index contributed by atoms with van der Waals surface area (Å²) in [6, 6.07) is 8.83. The second-order valence-electron chi connectivity index (χ2n) is 4.90. The Bertz CT molecular complexity index is 1120. The van der Waals surface area contributed by atoms with Crippen molar-refractivity contribution in [3.8, 4) is 11.8 Å². The standard InChI is InChI=1S/C14H10N6O4S/c15-6-9(14-17-19-20-18-14)7-16-10-2-1-8-3-11(25(22,23)24)5-13(21)12(8)4-10/h1-5,7,16,21H,(H,22,23,24)(H,17,18,19,20). The van der Waals surface area contributed by atoms with Gasteiger partial charge in [0.25, 0.3) is 10.1 Å². The molecule has 3 rings (SSSR count). The van der Waals surface area contributed by atoms with E-state index in [1.807, 2.05) is 6.07 Å². The summed E-state index contributed by atoms with van der Waals surface area (Å²) >= 11 is 0. The molecule has 3 aromatic rings. The van der Waals surface area contributed by atoms with Crippen molar-refractivity contribution in [3.05, 3.63) is 42.4 Å². The summed E-state index contributed by atoms with van der Waals surface area (Å²) in [6.45, 7) is 0. The van der Waals surface area contributed by atoms with Gasteiger partial charge in [0.15, 0.2) is 0 Å². The highest BCUT2D eigenvalue weighted by Crippen LogP contribution is 2.31. The Morgan fingerprint density at radius 2 is 2.12 bits per heavy atom. The number of nitriles is 1. The van der Waals surface area contributed by atoms with Gasteiger partial charge in [-0.3, -0.25) is 4.55 Å². The van der Waals surface area contributed by atoms with E-state index < -0.39 is 15.0 Å². The molecule has 0 bridgehead atoms. The molecule has 0 fully saturated rings. The Morgan fingerprint density at radius 3 is 2.76 bits per heavy atom. The van der Waals surface area contributed by atoms with Gasteiger partial charge in [-0.2, -0.15) is 18.9 Å². The van der Waals surface area contributed by atoms with E-state index >= 15 is 0 Å². The SMILES string of the molecule is N#CC(=CNc1ccc2cc(S(=O)(=O)O)cc(O)c2c1)c1nn[nH]n1. The third-order valence-corrected chi connectivity index (χ3v) is 4.13. The normalized spacial score (nSPS) is 12.1. The third-order valence-electron chi connectivity index (χ3n) is 3.29. The van der Waals surface area contributed by atoms with Crippen LogP contribution in [0.15, 0.2) is 41.4 Å². The molecule has 4 N–H and O–H groups in total. The highest BCUT2D eigenvalue weighted by molar-refractivity contribution is 7.85. The zero-order valence-corrected chi connectivity index (χ0v) is 13.2. The van der Waals surface area contributed by atoms with Crippen molar-refractivity contribution in [2.24, 2.45) is 0 Å². The molecule has 0 radical (unpaired) electrons. The molecule has 11 heteroatoms. The molecule has 126 valence electrons. The number of nitrogens with one attached hydrogen (secondary N) is 2. The summed E-state index contributed by atoms with van der Waals surface area (Å²) in [5.41, 5.74) is 0.665. The van der Waals surface area contributed by atoms with Crippen LogP contribution in [0, 0.1) is 11.3 Å². The summed E-state index contributed by atoms with van der Waals surface area (Å²) < 4.78 is 31.5. The predicted octanol–water partition coefficient (Wildman–Crippen LogP) is 1.28. The van der Waals surface area contributed by atoms with Gasteiger partial charge in [0.1, 0.15) is 17.4 Å². The van der Waals surface area contributed by atoms with Crippen molar-refractivity contribution >= 4 is 32.2 Å². The van der Waals surface area contributed by atoms with Crippen LogP contribution in [-0.4, -0.2) is 38.7 Å². The van der Waals surface area contributed by atoms with Gasteiger partial charge in [0, 0.05) is 23.3 Å². The van der Waals surface area contributed by atoms with E-state index in [-0.39, 0.29) is 17.1 Å². The minimum atomic E-state index is -4.42. The summed E-state index contributed by atoms with van der Waals surface area (Å²) in [5, 5.41) is 35.8. The van der Waals surface area contributed by atoms with Crippen LogP contribution < -0.4 is 5.32 Å². The molecule has 0 unspecified atom stereocenters. The van der Waals surface area contributed by atoms with E-state index in [1.54, 1.807) is 18.2 Å². The number of fused-ring (bicyclic) bond motifs is 1. The van der Waals surface area contributed by atoms with Gasteiger partial charge in [-0.15, -0.1) is 10.2 Å². The Kier molecular flexibility index (Phi) is 4.05. The number of allylic oxidation sites excluding steroid dienone is 1. The number of hydrogen-bond donors (Lipinski definition) is 4. The summed E-state index contributed by atoms with van der Waals surface area (Å²) in [5.74, 6) is -0.187. The molecule has 1 heterocycles. The van der Waals surface area contributed by atoms with Gasteiger partial charge >= 0.3 is 0 Å². The topological polar surface area (TPSA) is 165 Å². The second kappa shape index (κ2) is 6.19. The number of phenolic OH excluding ortho intramolecular Hbond substituents is 1. The lowest BCUT2D eigenvalue weighted by Gasteiger charge is -2.07. The fourth-order valence-electron chi connectivity index (χ4n) is 2.13. The van der Waals surface area contributed by atoms with E-state index in [9.17, 15) is 13.5 Å². The van der Waals surface area contributed by atoms with E-state index in [4.69, 9.17) is 9.81 Å². The number of H-pyrrole nitrogens is 1. The maximum Gasteiger partial charge on any atom is 0.294 e. The quantitative estimate of drug-likeness (QED) is 0.397. The first-order valence-corrected chi connectivity index (χ1v) is 8.17. The summed E-state index contributed by atoms with van der Waals surface area (Å²) in [4.78, 5) is -0.401. The van der Waals surface area contributed by atoms with Crippen LogP contribution in [0.5, 0.6) is 5.75 Å². The monoisotopic (exact) mass is 358 g/mol. The first kappa shape index (κ1) is 16.4. The zero-order chi connectivity index (χ0) is 18.0. The number of hydrogen-bond acceptors (Lipinski definition) is 8. The highest BCUT2D eigenvalue weighted by Gasteiger charge is 2.13. The van der Waals surface area contributed by atoms with Crippen LogP contribution in [0.1, 0.15) is 5.82 Å². The van der Waals surface area contributed by atoms with Crippen LogP contribution in [0.4, 0.5) is 5.69 Å². The molecule has 0 saturated carbocycles. The first-order chi connectivity index (χ1) is 11.9. The highest BCUT2D eigenvalue weighted by atomic mass is 32.2. The van der Waals surface area contributed by atoms with E-state index in [0.29, 0.717) is 16.5 Å². The first-order valence-electron chi connectivity index (χ1n) is 6.73. The minimum Gasteiger partial charge on any atom is -0.507 e. The Morgan fingerprint density at radius 1 is 1.32 bits per heavy atom. The number of aromatic amines is 1. The second-order valence-corrected chi connectivity index (χ2v) is 6.32. The Hall–Kier alpha value is -3.49. The molecule has 25 heavy (non-hydrogen) atoms. The molecule has 0 aliphatic heterocycles. The molecule has 2 aromatic carbocycles. The number of tetrazole rings is 1. The molecular formula is C14H10N6O4S. The van der Waals surface area contributed by atoms with Crippen molar-refractivity contribution < 1.29 is 18.1 Å². The van der Waals surface area contributed by atoms with E-state index in [1.165, 1.54) is 12.3 Å². The number of anilines is 1. The van der Waals surface area contributed by atoms with Crippen molar-refractivity contribution in [1.29, 1.82) is 5.26 Å². The lowest BCUT2D eigenvalue weighted by Crippen LogP contribution is -1.98. The van der Waals surface area contributed by atoms with Gasteiger partial charge in [0.05, 0.1) is 4.90 Å². The molecule has 0 aliphatic rings. The smallest absolute Gasteiger partial charge is 0.294 e. The molecular weight excluding hydrogens is 348 g/mol. The third kappa shape index (κ3) is 3.39. The number of aromatic hydroxyl groups is 1. The Balaban J connectivity index is 1.97. The van der Waals surface area contributed by atoms with Crippen LogP contribution in [0.3, 0.4) is 0 Å². The van der Waals surface area contributed by atoms with Crippen molar-refractivity contribution in [2.45, 2.75) is 4.90 Å². The molecule has 0 saturated heterocycles. The Labute approximate surface area is 141 Å². The molecule has 10 nitrogen and oxygen atoms in total. The van der Waals surface area contributed by atoms with Gasteiger partial charge in [0.2, 0.25) is 5.82 Å². The van der Waals surface area contributed by atoms with Crippen LogP contribution in [-0.2, 0) is 10.1 Å². The van der Waals surface area contributed by atoms with E-state index in [0.717, 1.165) is 6.07 Å². The molecule has 0 spiro atoms. The lowest BCUT2D eigenvalue weighted by molar-refractivity contribution is 0.471. The van der Waals surface area contributed by atoms with Gasteiger partial charge in [-0.1, -0.05) is 6.07 Å². The van der Waals surface area contributed by atoms with Crippen molar-refractivity contribution in [3.63, 3.8) is 0 Å². The zero-order valence-electron chi connectivity index (χ0n) is 12.4. The number of phenols is 1. The molecule has 0 aliphatic carbocycles. The van der Waals surface area contributed by atoms with E-state index in [2.05, 4.69) is 25.9 Å². The molecule has 0 atom stereocenters. The number of rotatable bonds is 4. The fraction of sp³-hybridized carbons (Fsp3) is 0. The maximum absolute atomic E-state index is 11.2. The summed E-state index contributed by atoms with van der Waals surface area (Å²) in [6.07, 6.45) is 1.37. The molecule has 1 aromatic heterocycles. The van der Waals surface area contributed by atoms with Gasteiger partial charge in [-0.05, 0) is 28.8 Å². The van der Waals surface area contributed by atoms with Crippen LogP contribution in [0.25, 0.3) is 16.3 Å². The maximum atomic E-state index is 11.2. The van der Waals surface area contributed by atoms with Crippen LogP contribution >= 0.6 is 0 Å². The average molecular weight is 358 g/mol. The van der Waals surface area contributed by atoms with Crippen LogP contribution in [0.2, 0.25) is 0 Å². The largest absolute Gasteiger partial charge is 0.507 e. The van der Waals surface area contributed by atoms with Gasteiger partial charge < -0.3 is 10.4 Å². The molecule has 0 amide bonds. The van der Waals surface area contributed by atoms with Gasteiger partial charge in [-0.25, -0.2) is 0 Å². The lowest BCUT2D eigenvalue weighted by atomic mass is 10.1. The number of benzene rings is 2. The average Bonchev–Trinajstić information content (AvgIpc) is 3.09. The minimum absolute atomic E-state index is 0.122. The summed E-state index contributed by atoms with van der Waals surface area (Å²) in [7, 11) is -4.42. The number of nitrogens with zero attached hydrogens (tertiary/aromatic N) is 4. The van der Waals surface area contributed by atoms with Crippen molar-refractivity contribution in [1.82, 2.24) is 20.6 Å². The number of aromatic nitrogens is 4. The predicted molar refractivity (Wildman–Crippen MR) is 86.8 cm³/mol. The fourth-order valence-corrected chi connectivity index (χ4v) is 2.66. The van der Waals surface area contributed by atoms with Crippen molar-refractivity contribution in [2.75, 3.05) is 5.32 Å².